The van der Waals surface area contributed by atoms with E-state index < -0.39 is 11.6 Å². The molecule has 1 saturated heterocycles. The number of hydrogen-bond acceptors (Lipinski definition) is 5. The second-order valence-corrected chi connectivity index (χ2v) is 6.40. The van der Waals surface area contributed by atoms with Crippen LogP contribution in [0.1, 0.15) is 28.8 Å². The summed E-state index contributed by atoms with van der Waals surface area (Å²) in [4.78, 5) is 30.1. The number of nitrogens with zero attached hydrogens (tertiary/aromatic N) is 2. The van der Waals surface area contributed by atoms with Crippen LogP contribution in [0, 0.1) is 5.82 Å². The number of pyridine rings is 1. The summed E-state index contributed by atoms with van der Waals surface area (Å²) in [7, 11) is 1.61. The number of rotatable bonds is 4. The maximum Gasteiger partial charge on any atom is 0.317 e. The Balaban J connectivity index is 1.66. The first kappa shape index (κ1) is 18.6. The molecule has 2 amide bonds. The molecule has 8 heteroatoms. The Morgan fingerprint density at radius 2 is 1.85 bits per heavy atom. The van der Waals surface area contributed by atoms with E-state index in [0.717, 1.165) is 12.8 Å². The zero-order valence-electron chi connectivity index (χ0n) is 15.0. The summed E-state index contributed by atoms with van der Waals surface area (Å²) in [5, 5.41) is 5.90. The first-order valence-electron chi connectivity index (χ1n) is 8.78. The predicted octanol–water partition coefficient (Wildman–Crippen LogP) is 2.25. The third kappa shape index (κ3) is 4.16. The van der Waals surface area contributed by atoms with E-state index in [-0.39, 0.29) is 29.0 Å². The Hall–Kier alpha value is -3.16. The molecular formula is C19H22FN5O2. The van der Waals surface area contributed by atoms with Crippen LogP contribution in [0.2, 0.25) is 0 Å². The van der Waals surface area contributed by atoms with Gasteiger partial charge < -0.3 is 21.3 Å². The molecule has 0 aliphatic carbocycles. The van der Waals surface area contributed by atoms with Crippen LogP contribution in [-0.2, 0) is 0 Å². The van der Waals surface area contributed by atoms with Gasteiger partial charge in [0.25, 0.3) is 0 Å². The normalized spacial score (nSPS) is 14.7. The highest BCUT2D eigenvalue weighted by atomic mass is 19.1. The molecule has 142 valence electrons. The van der Waals surface area contributed by atoms with E-state index in [1.54, 1.807) is 30.1 Å². The number of aromatic nitrogens is 1. The number of nitrogens with two attached hydrogens (primary N) is 1. The maximum atomic E-state index is 13.8. The lowest BCUT2D eigenvalue weighted by Gasteiger charge is -2.32. The van der Waals surface area contributed by atoms with Crippen molar-refractivity contribution in [3.63, 3.8) is 0 Å². The summed E-state index contributed by atoms with van der Waals surface area (Å²) in [6.45, 7) is 1.30. The van der Waals surface area contributed by atoms with E-state index in [0.29, 0.717) is 18.9 Å². The molecule has 0 saturated carbocycles. The molecular weight excluding hydrogens is 349 g/mol. The largest absolute Gasteiger partial charge is 0.383 e. The molecule has 4 N–H and O–H groups in total. The quantitative estimate of drug-likeness (QED) is 0.716. The van der Waals surface area contributed by atoms with E-state index in [1.165, 1.54) is 18.2 Å². The Bertz CT molecular complexity index is 850. The van der Waals surface area contributed by atoms with Crippen molar-refractivity contribution in [3.8, 4) is 0 Å². The van der Waals surface area contributed by atoms with Gasteiger partial charge in [-0.05, 0) is 37.1 Å². The van der Waals surface area contributed by atoms with Gasteiger partial charge in [-0.25, -0.2) is 14.2 Å². The van der Waals surface area contributed by atoms with Crippen LogP contribution in [0.3, 0.4) is 0 Å². The number of likely N-dealkylation sites (tertiary alicyclic amines) is 1. The Morgan fingerprint density at radius 1 is 1.15 bits per heavy atom. The molecule has 0 unspecified atom stereocenters. The smallest absolute Gasteiger partial charge is 0.317 e. The minimum absolute atomic E-state index is 0.0340. The SMILES string of the molecule is CNC(=O)N1CCC(Nc2ccc(C(=O)c3ccccc3F)c(N)n2)CC1. The summed E-state index contributed by atoms with van der Waals surface area (Å²) in [5.74, 6) is -0.484. The standard InChI is InChI=1S/C19H22FN5O2/c1-22-19(27)25-10-8-12(9-11-25)23-16-7-6-14(18(21)24-16)17(26)13-4-2-3-5-15(13)20/h2-7,12H,8-11H2,1H3,(H,22,27)(H3,21,23,24). The van der Waals surface area contributed by atoms with Gasteiger partial charge in [-0.1, -0.05) is 12.1 Å². The van der Waals surface area contributed by atoms with Crippen LogP contribution in [-0.4, -0.2) is 47.9 Å². The van der Waals surface area contributed by atoms with Crippen LogP contribution < -0.4 is 16.4 Å². The van der Waals surface area contributed by atoms with Gasteiger partial charge in [0.15, 0.2) is 5.78 Å². The molecule has 7 nitrogen and oxygen atoms in total. The van der Waals surface area contributed by atoms with Gasteiger partial charge in [-0.15, -0.1) is 0 Å². The second kappa shape index (κ2) is 8.03. The van der Waals surface area contributed by atoms with Gasteiger partial charge in [0.2, 0.25) is 0 Å². The van der Waals surface area contributed by atoms with E-state index in [4.69, 9.17) is 5.73 Å². The molecule has 1 aliphatic rings. The van der Waals surface area contributed by atoms with Crippen molar-refractivity contribution >= 4 is 23.5 Å². The molecule has 27 heavy (non-hydrogen) atoms. The number of carbonyl (C=O) groups excluding carboxylic acids is 2. The number of nitrogens with one attached hydrogen (secondary N) is 2. The van der Waals surface area contributed by atoms with E-state index in [1.807, 2.05) is 0 Å². The average molecular weight is 371 g/mol. The number of anilines is 2. The maximum absolute atomic E-state index is 13.8. The first-order valence-corrected chi connectivity index (χ1v) is 8.78. The number of halogens is 1. The monoisotopic (exact) mass is 371 g/mol. The molecule has 0 radical (unpaired) electrons. The van der Waals surface area contributed by atoms with Crippen LogP contribution in [0.5, 0.6) is 0 Å². The van der Waals surface area contributed by atoms with Crippen LogP contribution in [0.25, 0.3) is 0 Å². The summed E-state index contributed by atoms with van der Waals surface area (Å²) in [6, 6.07) is 9.07. The summed E-state index contributed by atoms with van der Waals surface area (Å²) >= 11 is 0. The van der Waals surface area contributed by atoms with Crippen molar-refractivity contribution in [2.75, 3.05) is 31.2 Å². The third-order valence-electron chi connectivity index (χ3n) is 4.64. The molecule has 0 atom stereocenters. The number of nitrogen functional groups attached to an aromatic ring is 1. The number of urea groups is 1. The minimum Gasteiger partial charge on any atom is -0.383 e. The number of piperidine rings is 1. The number of benzene rings is 1. The summed E-state index contributed by atoms with van der Waals surface area (Å²) in [5.41, 5.74) is 6.07. The Kier molecular flexibility index (Phi) is 5.54. The Labute approximate surface area is 156 Å². The number of amides is 2. The Morgan fingerprint density at radius 3 is 2.48 bits per heavy atom. The molecule has 1 aromatic heterocycles. The molecule has 1 fully saturated rings. The summed E-state index contributed by atoms with van der Waals surface area (Å²) < 4.78 is 13.8. The van der Waals surface area contributed by atoms with Gasteiger partial charge in [0.1, 0.15) is 17.5 Å². The fourth-order valence-electron chi connectivity index (χ4n) is 3.13. The lowest BCUT2D eigenvalue weighted by atomic mass is 10.0. The van der Waals surface area contributed by atoms with Crippen LogP contribution in [0.4, 0.5) is 20.8 Å². The fraction of sp³-hybridized carbons (Fsp3) is 0.316. The highest BCUT2D eigenvalue weighted by Gasteiger charge is 2.23. The molecule has 0 bridgehead atoms. The van der Waals surface area contributed by atoms with Crippen molar-refractivity contribution < 1.29 is 14.0 Å². The van der Waals surface area contributed by atoms with E-state index in [9.17, 15) is 14.0 Å². The van der Waals surface area contributed by atoms with Crippen molar-refractivity contribution in [2.45, 2.75) is 18.9 Å². The van der Waals surface area contributed by atoms with Crippen molar-refractivity contribution in [1.82, 2.24) is 15.2 Å². The highest BCUT2D eigenvalue weighted by molar-refractivity contribution is 6.11. The average Bonchev–Trinajstić information content (AvgIpc) is 2.68. The van der Waals surface area contributed by atoms with Crippen molar-refractivity contribution in [1.29, 1.82) is 0 Å². The number of hydrogen-bond donors (Lipinski definition) is 3. The zero-order valence-corrected chi connectivity index (χ0v) is 15.0. The van der Waals surface area contributed by atoms with Crippen LogP contribution >= 0.6 is 0 Å². The van der Waals surface area contributed by atoms with Crippen molar-refractivity contribution in [2.24, 2.45) is 0 Å². The lowest BCUT2D eigenvalue weighted by Crippen LogP contribution is -2.45. The topological polar surface area (TPSA) is 100 Å². The molecule has 2 aromatic rings. The van der Waals surface area contributed by atoms with E-state index in [2.05, 4.69) is 15.6 Å². The van der Waals surface area contributed by atoms with Crippen LogP contribution in [0.15, 0.2) is 36.4 Å². The molecule has 3 rings (SSSR count). The van der Waals surface area contributed by atoms with Gasteiger partial charge in [-0.3, -0.25) is 4.79 Å². The third-order valence-corrected chi connectivity index (χ3v) is 4.64. The minimum atomic E-state index is -0.591. The summed E-state index contributed by atoms with van der Waals surface area (Å²) in [6.07, 6.45) is 1.57. The number of carbonyl (C=O) groups is 2. The highest BCUT2D eigenvalue weighted by Crippen LogP contribution is 2.21. The lowest BCUT2D eigenvalue weighted by molar-refractivity contribution is 0.103. The van der Waals surface area contributed by atoms with E-state index >= 15 is 0 Å². The molecule has 0 spiro atoms. The number of ketones is 1. The van der Waals surface area contributed by atoms with Crippen molar-refractivity contribution in [3.05, 3.63) is 53.3 Å². The van der Waals surface area contributed by atoms with Gasteiger partial charge >= 0.3 is 6.03 Å². The van der Waals surface area contributed by atoms with Gasteiger partial charge in [-0.2, -0.15) is 0 Å². The second-order valence-electron chi connectivity index (χ2n) is 6.40. The molecule has 1 aromatic carbocycles. The molecule has 1 aliphatic heterocycles. The first-order chi connectivity index (χ1) is 13.0. The van der Waals surface area contributed by atoms with Gasteiger partial charge in [0, 0.05) is 26.2 Å². The predicted molar refractivity (Wildman–Crippen MR) is 101 cm³/mol. The fourth-order valence-corrected chi connectivity index (χ4v) is 3.13. The van der Waals surface area contributed by atoms with Gasteiger partial charge in [0.05, 0.1) is 11.1 Å². The zero-order chi connectivity index (χ0) is 19.4. The molecule has 2 heterocycles.